The number of phenolic OH excluding ortho intramolecular Hbond substituents is 1. The Morgan fingerprint density at radius 2 is 1.32 bits per heavy atom. The van der Waals surface area contributed by atoms with Gasteiger partial charge in [-0.15, -0.1) is 0 Å². The van der Waals surface area contributed by atoms with Crippen LogP contribution in [0.3, 0.4) is 0 Å². The van der Waals surface area contributed by atoms with Crippen LogP contribution in [0, 0.1) is 22.7 Å². The third-order valence-corrected chi connectivity index (χ3v) is 2.03. The van der Waals surface area contributed by atoms with Crippen LogP contribution in [-0.2, 0) is 0 Å². The second-order valence-electron chi connectivity index (χ2n) is 3.24. The van der Waals surface area contributed by atoms with E-state index in [1.807, 2.05) is 6.07 Å². The Morgan fingerprint density at radius 1 is 0.842 bits per heavy atom. The van der Waals surface area contributed by atoms with Crippen LogP contribution >= 0.6 is 0 Å². The molecule has 0 spiro atoms. The molecule has 2 aromatic carbocycles. The zero-order valence-electron chi connectivity index (χ0n) is 10.4. The molecule has 0 radical (unpaired) electrons. The standard InChI is InChI=1S/2C7H5NO.K/c2*8-5-6-3-1-2-4-7(6)9;/h2*1-4,9H;/q;;+1/p-1. The van der Waals surface area contributed by atoms with Gasteiger partial charge in [-0.05, 0) is 18.2 Å². The SMILES string of the molecule is N#Cc1ccccc1O.N#Cc1ccccc1[O-].[K+]. The molecule has 0 heterocycles. The molecule has 0 fully saturated rings. The normalized spacial score (nSPS) is 7.89. The third kappa shape index (κ3) is 5.89. The first kappa shape index (κ1) is 17.7. The van der Waals surface area contributed by atoms with Gasteiger partial charge in [0.2, 0.25) is 0 Å². The first-order valence-corrected chi connectivity index (χ1v) is 5.03. The second-order valence-corrected chi connectivity index (χ2v) is 3.24. The summed E-state index contributed by atoms with van der Waals surface area (Å²) in [6.45, 7) is 0. The Kier molecular flexibility index (Phi) is 8.89. The largest absolute Gasteiger partial charge is 1.00 e. The number of aromatic hydroxyl groups is 1. The minimum Gasteiger partial charge on any atom is -0.872 e. The number of benzene rings is 2. The van der Waals surface area contributed by atoms with Crippen molar-refractivity contribution >= 4 is 0 Å². The van der Waals surface area contributed by atoms with Crippen LogP contribution in [0.25, 0.3) is 0 Å². The Bertz CT molecular complexity index is 560. The molecule has 0 atom stereocenters. The molecule has 0 aromatic heterocycles. The first-order valence-electron chi connectivity index (χ1n) is 5.03. The van der Waals surface area contributed by atoms with Crippen LogP contribution < -0.4 is 56.5 Å². The van der Waals surface area contributed by atoms with Crippen molar-refractivity contribution in [2.75, 3.05) is 0 Å². The number of hydrogen-bond donors (Lipinski definition) is 1. The van der Waals surface area contributed by atoms with Crippen LogP contribution in [0.1, 0.15) is 11.1 Å². The third-order valence-electron chi connectivity index (χ3n) is 2.03. The summed E-state index contributed by atoms with van der Waals surface area (Å²) in [6, 6.07) is 16.2. The van der Waals surface area contributed by atoms with Gasteiger partial charge in [0, 0.05) is 5.56 Å². The van der Waals surface area contributed by atoms with Crippen LogP contribution in [-0.4, -0.2) is 5.11 Å². The van der Waals surface area contributed by atoms with E-state index < -0.39 is 0 Å². The minimum atomic E-state index is -0.208. The average Bonchev–Trinajstić information content (AvgIpc) is 2.41. The maximum absolute atomic E-state index is 10.6. The molecule has 5 heteroatoms. The van der Waals surface area contributed by atoms with Crippen LogP contribution in [0.4, 0.5) is 0 Å². The predicted octanol–water partition coefficient (Wildman–Crippen LogP) is -1.10. The van der Waals surface area contributed by atoms with Crippen LogP contribution in [0.2, 0.25) is 0 Å². The molecule has 19 heavy (non-hydrogen) atoms. The summed E-state index contributed by atoms with van der Waals surface area (Å²) in [5.41, 5.74) is 0.523. The van der Waals surface area contributed by atoms with Gasteiger partial charge in [0.25, 0.3) is 0 Å². The number of nitrogens with zero attached hydrogens (tertiary/aromatic N) is 2. The summed E-state index contributed by atoms with van der Waals surface area (Å²) in [5, 5.41) is 36.1. The Balaban J connectivity index is 0.000000324. The molecule has 0 bridgehead atoms. The second kappa shape index (κ2) is 9.57. The van der Waals surface area contributed by atoms with Gasteiger partial charge in [0.05, 0.1) is 11.6 Å². The number of hydrogen-bond acceptors (Lipinski definition) is 4. The Hall–Kier alpha value is -1.34. The summed E-state index contributed by atoms with van der Waals surface area (Å²) >= 11 is 0. The number of rotatable bonds is 0. The van der Waals surface area contributed by atoms with E-state index in [9.17, 15) is 5.11 Å². The van der Waals surface area contributed by atoms with E-state index in [0.717, 1.165) is 0 Å². The van der Waals surface area contributed by atoms with E-state index in [1.54, 1.807) is 36.4 Å². The van der Waals surface area contributed by atoms with E-state index in [1.165, 1.54) is 18.2 Å². The zero-order valence-corrected chi connectivity index (χ0v) is 13.5. The zero-order chi connectivity index (χ0) is 13.4. The van der Waals surface area contributed by atoms with E-state index in [4.69, 9.17) is 15.6 Å². The molecule has 0 amide bonds. The maximum atomic E-state index is 10.6. The fourth-order valence-corrected chi connectivity index (χ4v) is 1.13. The molecule has 0 aliphatic rings. The van der Waals surface area contributed by atoms with Crippen molar-refractivity contribution in [2.45, 2.75) is 0 Å². The topological polar surface area (TPSA) is 90.9 Å². The summed E-state index contributed by atoms with van der Waals surface area (Å²) in [4.78, 5) is 0. The van der Waals surface area contributed by atoms with Gasteiger partial charge >= 0.3 is 51.4 Å². The van der Waals surface area contributed by atoms with Crippen LogP contribution in [0.15, 0.2) is 48.5 Å². The summed E-state index contributed by atoms with van der Waals surface area (Å²) in [5.74, 6) is -0.167. The monoisotopic (exact) mass is 276 g/mol. The van der Waals surface area contributed by atoms with Crippen molar-refractivity contribution in [3.8, 4) is 23.6 Å². The molecule has 2 rings (SSSR count). The summed E-state index contributed by atoms with van der Waals surface area (Å²) < 4.78 is 0. The van der Waals surface area contributed by atoms with Crippen LogP contribution in [0.5, 0.6) is 11.5 Å². The fraction of sp³-hybridized carbons (Fsp3) is 0. The van der Waals surface area contributed by atoms with Crippen molar-refractivity contribution in [3.63, 3.8) is 0 Å². The van der Waals surface area contributed by atoms with Gasteiger partial charge in [0.1, 0.15) is 11.8 Å². The fourth-order valence-electron chi connectivity index (χ4n) is 1.13. The molecule has 0 saturated heterocycles. The van der Waals surface area contributed by atoms with E-state index in [0.29, 0.717) is 5.56 Å². The predicted molar refractivity (Wildman–Crippen MR) is 63.4 cm³/mol. The quantitative estimate of drug-likeness (QED) is 0.618. The molecule has 0 unspecified atom stereocenters. The molecule has 2 aromatic rings. The average molecular weight is 276 g/mol. The summed E-state index contributed by atoms with van der Waals surface area (Å²) in [7, 11) is 0. The Labute approximate surface area is 154 Å². The van der Waals surface area contributed by atoms with Crippen molar-refractivity contribution in [1.29, 1.82) is 10.5 Å². The Morgan fingerprint density at radius 3 is 1.68 bits per heavy atom. The van der Waals surface area contributed by atoms with Crippen molar-refractivity contribution in [3.05, 3.63) is 59.7 Å². The molecule has 0 aliphatic carbocycles. The van der Waals surface area contributed by atoms with Crippen molar-refractivity contribution in [1.82, 2.24) is 0 Å². The van der Waals surface area contributed by atoms with Crippen molar-refractivity contribution < 1.29 is 61.6 Å². The van der Waals surface area contributed by atoms with Gasteiger partial charge in [-0.1, -0.05) is 36.1 Å². The number of phenols is 1. The molecule has 4 nitrogen and oxygen atoms in total. The molecule has 1 N–H and O–H groups in total. The van der Waals surface area contributed by atoms with Gasteiger partial charge in [0.15, 0.2) is 0 Å². The molecular formula is C14H9KN2O2. The molecule has 88 valence electrons. The van der Waals surface area contributed by atoms with Crippen molar-refractivity contribution in [2.24, 2.45) is 0 Å². The molecular weight excluding hydrogens is 267 g/mol. The summed E-state index contributed by atoms with van der Waals surface area (Å²) in [6.07, 6.45) is 0. The molecule has 0 aliphatic heterocycles. The van der Waals surface area contributed by atoms with E-state index >= 15 is 0 Å². The smallest absolute Gasteiger partial charge is 0.872 e. The van der Waals surface area contributed by atoms with E-state index in [2.05, 4.69) is 0 Å². The van der Waals surface area contributed by atoms with Gasteiger partial charge in [-0.2, -0.15) is 10.5 Å². The van der Waals surface area contributed by atoms with Gasteiger partial charge in [-0.3, -0.25) is 0 Å². The minimum absolute atomic E-state index is 0. The number of nitriles is 2. The molecule has 0 saturated carbocycles. The maximum Gasteiger partial charge on any atom is 1.00 e. The van der Waals surface area contributed by atoms with E-state index in [-0.39, 0.29) is 68.4 Å². The first-order chi connectivity index (χ1) is 8.69. The van der Waals surface area contributed by atoms with Gasteiger partial charge < -0.3 is 10.2 Å². The van der Waals surface area contributed by atoms with Gasteiger partial charge in [-0.25, -0.2) is 0 Å². The number of para-hydroxylation sites is 2.